The smallest absolute Gasteiger partial charge is 0.247 e. The standard InChI is InChI=1S/C22H25N7O2/c1-22(2)16-6-3-13(11-17(16)25-20(22)30)24-21-26-19-18(23-8-9-28(19)27-21)29-14-4-5-15(29)12-31-10-7-14/h3,6,8-9,11,14-15H,4-5,7,10,12H2,1-2H3,(H,24,27)(H,25,30). The Morgan fingerprint density at radius 2 is 2.10 bits per heavy atom. The van der Waals surface area contributed by atoms with E-state index < -0.39 is 5.41 Å². The van der Waals surface area contributed by atoms with Crippen LogP contribution in [-0.4, -0.2) is 50.8 Å². The number of ether oxygens (including phenoxy) is 1. The topological polar surface area (TPSA) is 96.7 Å². The molecule has 2 unspecified atom stereocenters. The minimum atomic E-state index is -0.522. The first-order valence-electron chi connectivity index (χ1n) is 10.8. The number of nitrogens with one attached hydrogen (secondary N) is 2. The number of carbonyl (C=O) groups is 1. The number of nitrogens with zero attached hydrogens (tertiary/aromatic N) is 5. The van der Waals surface area contributed by atoms with Gasteiger partial charge >= 0.3 is 0 Å². The predicted molar refractivity (Wildman–Crippen MR) is 117 cm³/mol. The van der Waals surface area contributed by atoms with Crippen molar-refractivity contribution >= 4 is 34.7 Å². The monoisotopic (exact) mass is 419 g/mol. The number of aromatic nitrogens is 4. The maximum absolute atomic E-state index is 12.2. The first-order valence-corrected chi connectivity index (χ1v) is 10.8. The van der Waals surface area contributed by atoms with Gasteiger partial charge in [-0.05, 0) is 50.8 Å². The SMILES string of the molecule is CC1(C)C(=O)Nc2cc(Nc3nc4c(N5C6CCOCC5CC6)nccn4n3)ccc21. The number of rotatable bonds is 3. The van der Waals surface area contributed by atoms with Crippen LogP contribution in [-0.2, 0) is 14.9 Å². The number of carbonyl (C=O) groups excluding carboxylic acids is 1. The molecule has 2 aromatic heterocycles. The van der Waals surface area contributed by atoms with Gasteiger partial charge in [-0.1, -0.05) is 6.07 Å². The van der Waals surface area contributed by atoms with Crippen LogP contribution in [0, 0.1) is 0 Å². The van der Waals surface area contributed by atoms with Gasteiger partial charge in [-0.2, -0.15) is 4.98 Å². The maximum atomic E-state index is 12.2. The van der Waals surface area contributed by atoms with Gasteiger partial charge in [-0.15, -0.1) is 5.10 Å². The molecule has 9 heteroatoms. The van der Waals surface area contributed by atoms with Gasteiger partial charge in [0.25, 0.3) is 0 Å². The van der Waals surface area contributed by atoms with E-state index >= 15 is 0 Å². The summed E-state index contributed by atoms with van der Waals surface area (Å²) in [5.74, 6) is 1.37. The van der Waals surface area contributed by atoms with E-state index in [2.05, 4.69) is 25.6 Å². The van der Waals surface area contributed by atoms with Crippen LogP contribution >= 0.6 is 0 Å². The van der Waals surface area contributed by atoms with Crippen LogP contribution in [0.2, 0.25) is 0 Å². The third-order valence-electron chi connectivity index (χ3n) is 6.77. The van der Waals surface area contributed by atoms with Crippen LogP contribution in [0.15, 0.2) is 30.6 Å². The molecule has 2 N–H and O–H groups in total. The molecule has 2 bridgehead atoms. The molecular formula is C22H25N7O2. The summed E-state index contributed by atoms with van der Waals surface area (Å²) in [6, 6.07) is 6.64. The molecule has 3 aliphatic heterocycles. The second kappa shape index (κ2) is 6.65. The Morgan fingerprint density at radius 3 is 3.00 bits per heavy atom. The van der Waals surface area contributed by atoms with Gasteiger partial charge in [0.1, 0.15) is 0 Å². The third-order valence-corrected chi connectivity index (χ3v) is 6.77. The van der Waals surface area contributed by atoms with Crippen LogP contribution in [0.4, 0.5) is 23.1 Å². The van der Waals surface area contributed by atoms with E-state index in [0.29, 0.717) is 18.0 Å². The Labute approximate surface area is 179 Å². The normalized spacial score (nSPS) is 24.2. The van der Waals surface area contributed by atoms with Crippen molar-refractivity contribution in [3.8, 4) is 0 Å². The van der Waals surface area contributed by atoms with Crippen molar-refractivity contribution in [3.05, 3.63) is 36.2 Å². The van der Waals surface area contributed by atoms with E-state index in [9.17, 15) is 4.79 Å². The van der Waals surface area contributed by atoms with Gasteiger partial charge in [0.05, 0.1) is 18.1 Å². The molecule has 5 heterocycles. The number of amides is 1. The van der Waals surface area contributed by atoms with Crippen LogP contribution < -0.4 is 15.5 Å². The molecule has 3 aliphatic rings. The highest BCUT2D eigenvalue weighted by atomic mass is 16.5. The van der Waals surface area contributed by atoms with Crippen molar-refractivity contribution in [1.82, 2.24) is 19.6 Å². The molecule has 0 aliphatic carbocycles. The van der Waals surface area contributed by atoms with Gasteiger partial charge in [0, 0.05) is 36.4 Å². The van der Waals surface area contributed by atoms with E-state index in [1.54, 1.807) is 10.7 Å². The molecule has 2 atom stereocenters. The summed E-state index contributed by atoms with van der Waals surface area (Å²) in [4.78, 5) is 24.0. The lowest BCUT2D eigenvalue weighted by Crippen LogP contribution is -2.37. The average Bonchev–Trinajstić information content (AvgIpc) is 3.32. The largest absolute Gasteiger partial charge is 0.379 e. The fourth-order valence-corrected chi connectivity index (χ4v) is 5.03. The molecule has 9 nitrogen and oxygen atoms in total. The van der Waals surface area contributed by atoms with E-state index in [-0.39, 0.29) is 5.91 Å². The number of anilines is 4. The molecule has 1 amide bonds. The highest BCUT2D eigenvalue weighted by Crippen LogP contribution is 2.39. The summed E-state index contributed by atoms with van der Waals surface area (Å²) in [5, 5.41) is 10.8. The average molecular weight is 419 g/mol. The number of fused-ring (bicyclic) bond motifs is 4. The molecule has 31 heavy (non-hydrogen) atoms. The second-order valence-electron chi connectivity index (χ2n) is 9.07. The first-order chi connectivity index (χ1) is 15.0. The summed E-state index contributed by atoms with van der Waals surface area (Å²) < 4.78 is 7.55. The molecule has 0 saturated carbocycles. The molecule has 6 rings (SSSR count). The molecule has 1 aromatic carbocycles. The third kappa shape index (κ3) is 2.87. The Hall–Kier alpha value is -3.20. The van der Waals surface area contributed by atoms with Crippen molar-refractivity contribution < 1.29 is 9.53 Å². The first kappa shape index (κ1) is 18.6. The lowest BCUT2D eigenvalue weighted by Gasteiger charge is -2.28. The van der Waals surface area contributed by atoms with Crippen molar-refractivity contribution in [2.75, 3.05) is 28.7 Å². The zero-order valence-corrected chi connectivity index (χ0v) is 17.6. The Morgan fingerprint density at radius 1 is 1.23 bits per heavy atom. The van der Waals surface area contributed by atoms with Crippen LogP contribution in [0.1, 0.15) is 38.7 Å². The van der Waals surface area contributed by atoms with E-state index in [1.807, 2.05) is 38.2 Å². The fraction of sp³-hybridized carbons (Fsp3) is 0.455. The van der Waals surface area contributed by atoms with Crippen LogP contribution in [0.3, 0.4) is 0 Å². The molecule has 160 valence electrons. The summed E-state index contributed by atoms with van der Waals surface area (Å²) >= 11 is 0. The second-order valence-corrected chi connectivity index (χ2v) is 9.07. The highest BCUT2D eigenvalue weighted by Gasteiger charge is 2.39. The predicted octanol–water partition coefficient (Wildman–Crippen LogP) is 2.86. The van der Waals surface area contributed by atoms with E-state index in [1.165, 1.54) is 0 Å². The number of hydrogen-bond acceptors (Lipinski definition) is 7. The van der Waals surface area contributed by atoms with Gasteiger partial charge in [-0.25, -0.2) is 9.50 Å². The van der Waals surface area contributed by atoms with Crippen molar-refractivity contribution in [2.45, 2.75) is 50.6 Å². The quantitative estimate of drug-likeness (QED) is 0.674. The van der Waals surface area contributed by atoms with E-state index in [4.69, 9.17) is 9.72 Å². The zero-order chi connectivity index (χ0) is 21.2. The summed E-state index contributed by atoms with van der Waals surface area (Å²) in [7, 11) is 0. The van der Waals surface area contributed by atoms with Crippen molar-refractivity contribution in [1.29, 1.82) is 0 Å². The zero-order valence-electron chi connectivity index (χ0n) is 17.6. The van der Waals surface area contributed by atoms with Crippen molar-refractivity contribution in [2.24, 2.45) is 0 Å². The Bertz CT molecular complexity index is 1170. The Kier molecular flexibility index (Phi) is 3.98. The molecular weight excluding hydrogens is 394 g/mol. The molecule has 0 spiro atoms. The summed E-state index contributed by atoms with van der Waals surface area (Å²) in [6.45, 7) is 5.39. The molecule has 0 radical (unpaired) electrons. The van der Waals surface area contributed by atoms with Gasteiger partial charge in [0.15, 0.2) is 11.5 Å². The van der Waals surface area contributed by atoms with Crippen molar-refractivity contribution in [3.63, 3.8) is 0 Å². The number of benzene rings is 1. The lowest BCUT2D eigenvalue weighted by atomic mass is 9.86. The van der Waals surface area contributed by atoms with Crippen LogP contribution in [0.5, 0.6) is 0 Å². The molecule has 3 aromatic rings. The minimum Gasteiger partial charge on any atom is -0.379 e. The van der Waals surface area contributed by atoms with Crippen LogP contribution in [0.25, 0.3) is 5.65 Å². The fourth-order valence-electron chi connectivity index (χ4n) is 5.03. The Balaban J connectivity index is 1.33. The van der Waals surface area contributed by atoms with Gasteiger partial charge < -0.3 is 20.3 Å². The summed E-state index contributed by atoms with van der Waals surface area (Å²) in [5.41, 5.74) is 2.86. The van der Waals surface area contributed by atoms with E-state index in [0.717, 1.165) is 60.9 Å². The number of hydrogen-bond donors (Lipinski definition) is 2. The molecule has 2 fully saturated rings. The van der Waals surface area contributed by atoms with Gasteiger partial charge in [0.2, 0.25) is 11.9 Å². The maximum Gasteiger partial charge on any atom is 0.247 e. The summed E-state index contributed by atoms with van der Waals surface area (Å²) in [6.07, 6.45) is 6.88. The minimum absolute atomic E-state index is 0.0114. The molecule has 2 saturated heterocycles. The lowest BCUT2D eigenvalue weighted by molar-refractivity contribution is -0.119. The highest BCUT2D eigenvalue weighted by molar-refractivity contribution is 6.06. The van der Waals surface area contributed by atoms with Gasteiger partial charge in [-0.3, -0.25) is 4.79 Å².